The Bertz CT molecular complexity index is 1910. The molecule has 1 N–H and O–H groups in total. The van der Waals surface area contributed by atoms with Crippen molar-refractivity contribution >= 4 is 23.2 Å². The molecular formula is C43H56N4O8. The molecule has 55 heavy (non-hydrogen) atoms. The van der Waals surface area contributed by atoms with E-state index in [2.05, 4.69) is 9.80 Å². The number of amides is 2. The van der Waals surface area contributed by atoms with Crippen molar-refractivity contribution in [3.63, 3.8) is 0 Å². The fourth-order valence-corrected chi connectivity index (χ4v) is 8.68. The normalized spacial score (nSPS) is 19.3. The number of likely N-dealkylation sites (tertiary alicyclic amines) is 4. The van der Waals surface area contributed by atoms with Crippen molar-refractivity contribution in [3.05, 3.63) is 57.8 Å². The van der Waals surface area contributed by atoms with Crippen LogP contribution in [0.3, 0.4) is 0 Å². The number of rotatable bonds is 8. The number of benzene rings is 2. The minimum absolute atomic E-state index is 0.0258. The Labute approximate surface area is 323 Å². The summed E-state index contributed by atoms with van der Waals surface area (Å²) in [6.07, 6.45) is 11.9. The Kier molecular flexibility index (Phi) is 12.3. The molecule has 3 aromatic rings. The molecule has 0 saturated carbocycles. The summed E-state index contributed by atoms with van der Waals surface area (Å²) in [6, 6.07) is 9.08. The highest BCUT2D eigenvalue weighted by atomic mass is 16.6. The second-order valence-electron chi connectivity index (χ2n) is 15.7. The molecule has 2 aromatic carbocycles. The van der Waals surface area contributed by atoms with E-state index in [1.165, 1.54) is 44.6 Å². The van der Waals surface area contributed by atoms with Crippen molar-refractivity contribution in [3.8, 4) is 34.3 Å². The largest absolute Gasteiger partial charge is 0.507 e. The predicted octanol–water partition coefficient (Wildman–Crippen LogP) is 7.58. The van der Waals surface area contributed by atoms with Gasteiger partial charge in [-0.1, -0.05) is 24.5 Å². The van der Waals surface area contributed by atoms with Gasteiger partial charge in [-0.05, 0) is 122 Å². The maximum atomic E-state index is 14.5. The summed E-state index contributed by atoms with van der Waals surface area (Å²) < 4.78 is 23.9. The number of hydrogen-bond donors (Lipinski definition) is 1. The lowest BCUT2D eigenvalue weighted by atomic mass is 10.0. The zero-order valence-corrected chi connectivity index (χ0v) is 32.6. The van der Waals surface area contributed by atoms with E-state index in [0.29, 0.717) is 55.1 Å². The number of nitrogens with zero attached hydrogens (tertiary/aromatic N) is 4. The molecule has 4 aliphatic rings. The lowest BCUT2D eigenvalue weighted by molar-refractivity contribution is 0.0872. The third-order valence-corrected chi connectivity index (χ3v) is 11.9. The van der Waals surface area contributed by atoms with Gasteiger partial charge in [-0.25, -0.2) is 9.59 Å². The number of ether oxygens (including phenoxy) is 3. The first-order chi connectivity index (χ1) is 26.7. The van der Waals surface area contributed by atoms with E-state index >= 15 is 0 Å². The molecule has 4 aliphatic heterocycles. The SMILES string of the molecule is COc1ccc(-c2oc3c(CC=C(C)C)c(OC(=O)N4CCC(N5CCCCC5)CC4)cc(O)c3c(=O)c2OC(=O)N2CCC(N3CCCCC3)CC2)cc1. The van der Waals surface area contributed by atoms with Crippen LogP contribution in [-0.4, -0.2) is 108 Å². The summed E-state index contributed by atoms with van der Waals surface area (Å²) in [4.78, 5) is 50.3. The van der Waals surface area contributed by atoms with Gasteiger partial charge in [0, 0.05) is 55.5 Å². The van der Waals surface area contributed by atoms with Crippen LogP contribution in [-0.2, 0) is 6.42 Å². The number of carbonyl (C=O) groups is 2. The van der Waals surface area contributed by atoms with Crippen LogP contribution in [0.25, 0.3) is 22.3 Å². The molecule has 296 valence electrons. The van der Waals surface area contributed by atoms with Crippen molar-refractivity contribution in [2.45, 2.75) is 96.6 Å². The third kappa shape index (κ3) is 8.80. The van der Waals surface area contributed by atoms with Gasteiger partial charge in [0.05, 0.1) is 7.11 Å². The van der Waals surface area contributed by atoms with E-state index in [1.807, 2.05) is 19.9 Å². The Morgan fingerprint density at radius 3 is 1.82 bits per heavy atom. The highest BCUT2D eigenvalue weighted by Crippen LogP contribution is 2.40. The van der Waals surface area contributed by atoms with Gasteiger partial charge in [0.1, 0.15) is 28.2 Å². The molecule has 12 nitrogen and oxygen atoms in total. The molecule has 0 spiro atoms. The van der Waals surface area contributed by atoms with E-state index < -0.39 is 23.4 Å². The molecule has 5 heterocycles. The predicted molar refractivity (Wildman–Crippen MR) is 211 cm³/mol. The topological polar surface area (TPSA) is 125 Å². The van der Waals surface area contributed by atoms with Crippen molar-refractivity contribution in [1.29, 1.82) is 0 Å². The zero-order valence-electron chi connectivity index (χ0n) is 32.6. The van der Waals surface area contributed by atoms with Crippen molar-refractivity contribution in [2.24, 2.45) is 0 Å². The fourth-order valence-electron chi connectivity index (χ4n) is 8.68. The standard InChI is InChI=1S/C43H56N4O8/c1-29(2)10-15-34-36(53-42(50)46-24-16-31(17-25-46)44-20-6-4-7-21-44)28-35(48)37-38(49)41(39(54-40(34)37)30-11-13-33(52-3)14-12-30)55-43(51)47-26-18-32(19-27-47)45-22-8-5-9-23-45/h10-14,28,31-32,48H,4-9,15-27H2,1-3H3. The van der Waals surface area contributed by atoms with Crippen molar-refractivity contribution < 1.29 is 33.3 Å². The first kappa shape index (κ1) is 38.7. The highest BCUT2D eigenvalue weighted by molar-refractivity contribution is 5.92. The van der Waals surface area contributed by atoms with Gasteiger partial charge in [0.2, 0.25) is 11.2 Å². The van der Waals surface area contributed by atoms with Gasteiger partial charge in [-0.15, -0.1) is 0 Å². The van der Waals surface area contributed by atoms with Crippen LogP contribution in [0.1, 0.15) is 83.6 Å². The average molecular weight is 757 g/mol. The smallest absolute Gasteiger partial charge is 0.415 e. The van der Waals surface area contributed by atoms with E-state index in [-0.39, 0.29) is 34.6 Å². The summed E-state index contributed by atoms with van der Waals surface area (Å²) in [5.41, 5.74) is 1.26. The van der Waals surface area contributed by atoms with E-state index in [4.69, 9.17) is 18.6 Å². The third-order valence-electron chi connectivity index (χ3n) is 11.9. The minimum Gasteiger partial charge on any atom is -0.507 e. The molecule has 12 heteroatoms. The molecule has 7 rings (SSSR count). The Morgan fingerprint density at radius 1 is 0.782 bits per heavy atom. The molecule has 0 atom stereocenters. The molecule has 0 aliphatic carbocycles. The molecular weight excluding hydrogens is 700 g/mol. The first-order valence-corrected chi connectivity index (χ1v) is 20.2. The van der Waals surface area contributed by atoms with Crippen LogP contribution in [0.4, 0.5) is 9.59 Å². The Balaban J connectivity index is 1.20. The fraction of sp³-hybridized carbons (Fsp3) is 0.558. The lowest BCUT2D eigenvalue weighted by Gasteiger charge is -2.39. The number of phenols is 1. The molecule has 2 amide bonds. The van der Waals surface area contributed by atoms with Gasteiger partial charge in [-0.2, -0.15) is 0 Å². The second kappa shape index (κ2) is 17.5. The van der Waals surface area contributed by atoms with Crippen LogP contribution < -0.4 is 19.6 Å². The summed E-state index contributed by atoms with van der Waals surface area (Å²) in [5, 5.41) is 11.3. The van der Waals surface area contributed by atoms with Crippen molar-refractivity contribution in [1.82, 2.24) is 19.6 Å². The minimum atomic E-state index is -0.697. The summed E-state index contributed by atoms with van der Waals surface area (Å²) in [6.45, 7) is 10.5. The van der Waals surface area contributed by atoms with Crippen LogP contribution in [0.15, 0.2) is 51.2 Å². The molecule has 1 aromatic heterocycles. The number of phenolic OH excluding ortho intramolecular Hbond substituents is 1. The van der Waals surface area contributed by atoms with E-state index in [0.717, 1.165) is 57.4 Å². The van der Waals surface area contributed by atoms with Gasteiger partial charge in [0.15, 0.2) is 5.76 Å². The number of carbonyl (C=O) groups excluding carboxylic acids is 2. The van der Waals surface area contributed by atoms with Crippen LogP contribution in [0.2, 0.25) is 0 Å². The van der Waals surface area contributed by atoms with E-state index in [1.54, 1.807) is 41.2 Å². The molecule has 4 saturated heterocycles. The Morgan fingerprint density at radius 2 is 1.31 bits per heavy atom. The average Bonchev–Trinajstić information content (AvgIpc) is 3.22. The molecule has 0 radical (unpaired) electrons. The van der Waals surface area contributed by atoms with Crippen molar-refractivity contribution in [2.75, 3.05) is 59.5 Å². The number of allylic oxidation sites excluding steroid dienone is 2. The summed E-state index contributed by atoms with van der Waals surface area (Å²) in [7, 11) is 1.56. The second-order valence-corrected chi connectivity index (χ2v) is 15.7. The maximum absolute atomic E-state index is 14.5. The van der Waals surface area contributed by atoms with Crippen LogP contribution in [0, 0.1) is 0 Å². The quantitative estimate of drug-likeness (QED) is 0.230. The number of hydrogen-bond acceptors (Lipinski definition) is 10. The maximum Gasteiger partial charge on any atom is 0.415 e. The number of piperidine rings is 4. The monoisotopic (exact) mass is 756 g/mol. The Hall–Kier alpha value is -4.55. The van der Waals surface area contributed by atoms with Gasteiger partial charge >= 0.3 is 12.2 Å². The summed E-state index contributed by atoms with van der Waals surface area (Å²) in [5.74, 6) is -0.0190. The van der Waals surface area contributed by atoms with E-state index in [9.17, 15) is 19.5 Å². The highest BCUT2D eigenvalue weighted by Gasteiger charge is 2.33. The lowest BCUT2D eigenvalue weighted by Crippen LogP contribution is -2.49. The zero-order chi connectivity index (χ0) is 38.5. The number of aromatic hydroxyl groups is 1. The first-order valence-electron chi connectivity index (χ1n) is 20.2. The van der Waals surface area contributed by atoms with Crippen LogP contribution in [0.5, 0.6) is 23.0 Å². The van der Waals surface area contributed by atoms with Gasteiger partial charge < -0.3 is 43.3 Å². The molecule has 0 bridgehead atoms. The number of methoxy groups -OCH3 is 1. The number of fused-ring (bicyclic) bond motifs is 1. The summed E-state index contributed by atoms with van der Waals surface area (Å²) >= 11 is 0. The van der Waals surface area contributed by atoms with Crippen LogP contribution >= 0.6 is 0 Å². The van der Waals surface area contributed by atoms with Gasteiger partial charge in [-0.3, -0.25) is 4.79 Å². The molecule has 4 fully saturated rings. The van der Waals surface area contributed by atoms with Gasteiger partial charge in [0.25, 0.3) is 0 Å². The molecule has 0 unspecified atom stereocenters.